The lowest BCUT2D eigenvalue weighted by Crippen LogP contribution is -2.14. The van der Waals surface area contributed by atoms with Gasteiger partial charge < -0.3 is 9.73 Å². The van der Waals surface area contributed by atoms with E-state index in [-0.39, 0.29) is 11.5 Å². The Labute approximate surface area is 130 Å². The van der Waals surface area contributed by atoms with Crippen molar-refractivity contribution in [3.05, 3.63) is 39.9 Å². The Kier molecular flexibility index (Phi) is 5.36. The number of benzene rings is 1. The van der Waals surface area contributed by atoms with Gasteiger partial charge >= 0.3 is 5.63 Å². The number of carbonyl (C=O) groups is 1. The van der Waals surface area contributed by atoms with Crippen molar-refractivity contribution in [3.8, 4) is 0 Å². The number of hydrogen-bond donors (Lipinski definition) is 1. The number of rotatable bonds is 6. The summed E-state index contributed by atoms with van der Waals surface area (Å²) in [5.41, 5.74) is 1.26. The van der Waals surface area contributed by atoms with Crippen molar-refractivity contribution >= 4 is 22.4 Å². The summed E-state index contributed by atoms with van der Waals surface area (Å²) in [7, 11) is 0. The first-order valence-electron chi connectivity index (χ1n) is 7.99. The predicted octanol–water partition coefficient (Wildman–Crippen LogP) is 4.05. The van der Waals surface area contributed by atoms with Crippen molar-refractivity contribution in [2.75, 3.05) is 5.32 Å². The van der Waals surface area contributed by atoms with Crippen LogP contribution in [0.5, 0.6) is 0 Å². The summed E-state index contributed by atoms with van der Waals surface area (Å²) in [6.07, 6.45) is 3.90. The number of anilines is 1. The molecule has 0 aliphatic carbocycles. The molecule has 0 radical (unpaired) electrons. The van der Waals surface area contributed by atoms with Crippen LogP contribution in [0.2, 0.25) is 0 Å². The zero-order valence-corrected chi connectivity index (χ0v) is 13.5. The summed E-state index contributed by atoms with van der Waals surface area (Å²) in [6, 6.07) is 5.57. The van der Waals surface area contributed by atoms with Gasteiger partial charge in [0.1, 0.15) is 5.76 Å². The normalized spacial score (nSPS) is 10.9. The molecule has 0 fully saturated rings. The first-order chi connectivity index (χ1) is 10.6. The fourth-order valence-electron chi connectivity index (χ4n) is 2.69. The van der Waals surface area contributed by atoms with E-state index in [0.29, 0.717) is 17.5 Å². The highest BCUT2D eigenvalue weighted by atomic mass is 16.4. The summed E-state index contributed by atoms with van der Waals surface area (Å²) in [5.74, 6) is 0.669. The van der Waals surface area contributed by atoms with Crippen LogP contribution in [0.4, 0.5) is 5.69 Å². The van der Waals surface area contributed by atoms with Crippen molar-refractivity contribution in [2.45, 2.75) is 52.9 Å². The van der Waals surface area contributed by atoms with Crippen LogP contribution in [0.25, 0.3) is 10.8 Å². The van der Waals surface area contributed by atoms with Gasteiger partial charge in [0.25, 0.3) is 0 Å². The molecule has 1 N–H and O–H groups in total. The average molecular weight is 301 g/mol. The highest BCUT2D eigenvalue weighted by molar-refractivity contribution is 6.02. The molecule has 1 aromatic heterocycles. The van der Waals surface area contributed by atoms with Gasteiger partial charge in [0.2, 0.25) is 5.91 Å². The van der Waals surface area contributed by atoms with E-state index in [2.05, 4.69) is 19.2 Å². The van der Waals surface area contributed by atoms with Gasteiger partial charge in [0.15, 0.2) is 0 Å². The molecule has 4 nitrogen and oxygen atoms in total. The van der Waals surface area contributed by atoms with Crippen LogP contribution in [0.1, 0.15) is 51.4 Å². The second kappa shape index (κ2) is 7.25. The molecule has 2 aromatic rings. The van der Waals surface area contributed by atoms with E-state index < -0.39 is 0 Å². The Morgan fingerprint density at radius 1 is 1.14 bits per heavy atom. The third-order valence-corrected chi connectivity index (χ3v) is 3.72. The number of aryl methyl sites for hydroxylation is 2. The number of hydrogen-bond acceptors (Lipinski definition) is 3. The van der Waals surface area contributed by atoms with Gasteiger partial charge in [-0.05, 0) is 29.9 Å². The maximum absolute atomic E-state index is 12.4. The molecule has 0 spiro atoms. The molecule has 0 aliphatic heterocycles. The lowest BCUT2D eigenvalue weighted by molar-refractivity contribution is -0.115. The minimum absolute atomic E-state index is 0.110. The van der Waals surface area contributed by atoms with Gasteiger partial charge in [-0.1, -0.05) is 39.3 Å². The maximum Gasteiger partial charge on any atom is 0.345 e. The lowest BCUT2D eigenvalue weighted by Gasteiger charge is -2.13. The summed E-state index contributed by atoms with van der Waals surface area (Å²) < 4.78 is 5.56. The molecule has 0 saturated carbocycles. The van der Waals surface area contributed by atoms with Crippen LogP contribution in [0, 0.1) is 0 Å². The molecule has 118 valence electrons. The van der Waals surface area contributed by atoms with Gasteiger partial charge in [-0.25, -0.2) is 4.79 Å². The Balaban J connectivity index is 2.70. The molecule has 1 aromatic carbocycles. The van der Waals surface area contributed by atoms with E-state index in [1.165, 1.54) is 0 Å². The van der Waals surface area contributed by atoms with Crippen molar-refractivity contribution < 1.29 is 9.21 Å². The fourth-order valence-corrected chi connectivity index (χ4v) is 2.69. The van der Waals surface area contributed by atoms with Gasteiger partial charge in [-0.15, -0.1) is 0 Å². The van der Waals surface area contributed by atoms with Crippen LogP contribution in [0.3, 0.4) is 0 Å². The van der Waals surface area contributed by atoms with Crippen molar-refractivity contribution in [1.29, 1.82) is 0 Å². The van der Waals surface area contributed by atoms with E-state index in [1.54, 1.807) is 13.0 Å². The maximum atomic E-state index is 12.4. The standard InChI is InChI=1S/C18H23NO3/c1-4-8-12-13-10-7-11-14(19-16(20)6-3)17(13)18(21)22-15(12)9-5-2/h7,10-11H,4-6,8-9H2,1-3H3,(H,19,20). The molecule has 4 heteroatoms. The van der Waals surface area contributed by atoms with Crippen molar-refractivity contribution in [1.82, 2.24) is 0 Å². The van der Waals surface area contributed by atoms with Crippen molar-refractivity contribution in [3.63, 3.8) is 0 Å². The third-order valence-electron chi connectivity index (χ3n) is 3.72. The van der Waals surface area contributed by atoms with Crippen molar-refractivity contribution in [2.24, 2.45) is 0 Å². The predicted molar refractivity (Wildman–Crippen MR) is 89.4 cm³/mol. The van der Waals surface area contributed by atoms with Crippen LogP contribution in [0.15, 0.2) is 27.4 Å². The SMILES string of the molecule is CCCc1oc(=O)c2c(NC(=O)CC)cccc2c1CCC. The van der Waals surface area contributed by atoms with E-state index >= 15 is 0 Å². The minimum atomic E-state index is -0.370. The number of carbonyl (C=O) groups excluding carboxylic acids is 1. The molecule has 0 bridgehead atoms. The average Bonchev–Trinajstić information content (AvgIpc) is 2.51. The summed E-state index contributed by atoms with van der Waals surface area (Å²) in [4.78, 5) is 24.1. The molecule has 1 heterocycles. The lowest BCUT2D eigenvalue weighted by atomic mass is 9.99. The van der Waals surface area contributed by atoms with Gasteiger partial charge in [-0.3, -0.25) is 4.79 Å². The van der Waals surface area contributed by atoms with Gasteiger partial charge in [0.05, 0.1) is 11.1 Å². The molecule has 1 amide bonds. The van der Waals surface area contributed by atoms with E-state index in [1.807, 2.05) is 12.1 Å². The van der Waals surface area contributed by atoms with Crippen LogP contribution < -0.4 is 10.9 Å². The summed E-state index contributed by atoms with van der Waals surface area (Å²) in [6.45, 7) is 5.96. The topological polar surface area (TPSA) is 59.3 Å². The smallest absolute Gasteiger partial charge is 0.345 e. The molecular weight excluding hydrogens is 278 g/mol. The highest BCUT2D eigenvalue weighted by Crippen LogP contribution is 2.27. The molecule has 0 unspecified atom stereocenters. The van der Waals surface area contributed by atoms with Crippen LogP contribution in [-0.2, 0) is 17.6 Å². The zero-order chi connectivity index (χ0) is 16.1. The molecule has 2 rings (SSSR count). The molecule has 0 atom stereocenters. The highest BCUT2D eigenvalue weighted by Gasteiger charge is 2.16. The third kappa shape index (κ3) is 3.21. The monoisotopic (exact) mass is 301 g/mol. The first-order valence-corrected chi connectivity index (χ1v) is 7.99. The molecule has 0 saturated heterocycles. The first kappa shape index (κ1) is 16.3. The largest absolute Gasteiger partial charge is 0.427 e. The number of fused-ring (bicyclic) bond motifs is 1. The van der Waals surface area contributed by atoms with E-state index in [4.69, 9.17) is 4.42 Å². The molecule has 22 heavy (non-hydrogen) atoms. The zero-order valence-electron chi connectivity index (χ0n) is 13.5. The van der Waals surface area contributed by atoms with Gasteiger partial charge in [0, 0.05) is 12.8 Å². The Bertz CT molecular complexity index is 731. The quantitative estimate of drug-likeness (QED) is 0.875. The van der Waals surface area contributed by atoms with Crippen LogP contribution >= 0.6 is 0 Å². The molecule has 0 aliphatic rings. The Hall–Kier alpha value is -2.10. The number of amides is 1. The second-order valence-corrected chi connectivity index (χ2v) is 5.42. The van der Waals surface area contributed by atoms with Gasteiger partial charge in [-0.2, -0.15) is 0 Å². The Morgan fingerprint density at radius 3 is 2.50 bits per heavy atom. The second-order valence-electron chi connectivity index (χ2n) is 5.42. The van der Waals surface area contributed by atoms with E-state index in [9.17, 15) is 9.59 Å². The summed E-state index contributed by atoms with van der Waals surface area (Å²) >= 11 is 0. The fraction of sp³-hybridized carbons (Fsp3) is 0.444. The summed E-state index contributed by atoms with van der Waals surface area (Å²) in [5, 5.41) is 4.18. The minimum Gasteiger partial charge on any atom is -0.427 e. The Morgan fingerprint density at radius 2 is 1.86 bits per heavy atom. The van der Waals surface area contributed by atoms with E-state index in [0.717, 1.165) is 42.4 Å². The van der Waals surface area contributed by atoms with Crippen LogP contribution in [-0.4, -0.2) is 5.91 Å². The number of nitrogens with one attached hydrogen (secondary N) is 1. The molecular formula is C18H23NO3.